The lowest BCUT2D eigenvalue weighted by Crippen LogP contribution is -2.30. The summed E-state index contributed by atoms with van der Waals surface area (Å²) >= 11 is 5.91. The minimum absolute atomic E-state index is 0.0390. The van der Waals surface area contributed by atoms with Gasteiger partial charge in [-0.1, -0.05) is 60.1 Å². The van der Waals surface area contributed by atoms with E-state index in [-0.39, 0.29) is 23.9 Å². The van der Waals surface area contributed by atoms with Crippen molar-refractivity contribution in [2.24, 2.45) is 0 Å². The Labute approximate surface area is 162 Å². The third-order valence-electron chi connectivity index (χ3n) is 4.83. The number of benzene rings is 3. The summed E-state index contributed by atoms with van der Waals surface area (Å²) in [6, 6.07) is 23.4. The Morgan fingerprint density at radius 1 is 0.815 bits per heavy atom. The van der Waals surface area contributed by atoms with Crippen molar-refractivity contribution < 1.29 is 14.3 Å². The molecule has 1 aliphatic heterocycles. The SMILES string of the molecule is O=C(C[C@@H]1c2ccccc2O[C@H]1C(=O)c1ccccc1)c1ccc(Cl)cc1. The molecule has 4 rings (SSSR count). The number of Topliss-reactive ketones (excluding diaryl/α,β-unsaturated/α-hetero) is 2. The number of hydrogen-bond donors (Lipinski definition) is 0. The van der Waals surface area contributed by atoms with Gasteiger partial charge in [-0.05, 0) is 30.3 Å². The van der Waals surface area contributed by atoms with Crippen molar-refractivity contribution in [2.75, 3.05) is 0 Å². The van der Waals surface area contributed by atoms with Crippen LogP contribution in [-0.4, -0.2) is 17.7 Å². The topological polar surface area (TPSA) is 43.4 Å². The average Bonchev–Trinajstić information content (AvgIpc) is 3.07. The van der Waals surface area contributed by atoms with Crippen LogP contribution in [0.25, 0.3) is 0 Å². The van der Waals surface area contributed by atoms with Crippen LogP contribution in [0.4, 0.5) is 0 Å². The first kappa shape index (κ1) is 17.5. The Kier molecular flexibility index (Phi) is 4.78. The maximum Gasteiger partial charge on any atom is 0.203 e. The minimum Gasteiger partial charge on any atom is -0.481 e. The van der Waals surface area contributed by atoms with Gasteiger partial charge < -0.3 is 4.74 Å². The van der Waals surface area contributed by atoms with Crippen LogP contribution in [-0.2, 0) is 0 Å². The lowest BCUT2D eigenvalue weighted by Gasteiger charge is -2.18. The first-order valence-corrected chi connectivity index (χ1v) is 9.15. The van der Waals surface area contributed by atoms with Gasteiger partial charge in [0, 0.05) is 34.1 Å². The molecule has 3 aromatic carbocycles. The van der Waals surface area contributed by atoms with E-state index >= 15 is 0 Å². The molecule has 0 saturated carbocycles. The van der Waals surface area contributed by atoms with Crippen molar-refractivity contribution in [1.29, 1.82) is 0 Å². The highest BCUT2D eigenvalue weighted by molar-refractivity contribution is 6.30. The molecule has 0 saturated heterocycles. The van der Waals surface area contributed by atoms with E-state index in [2.05, 4.69) is 0 Å². The van der Waals surface area contributed by atoms with Gasteiger partial charge in [0.2, 0.25) is 5.78 Å². The fourth-order valence-corrected chi connectivity index (χ4v) is 3.58. The van der Waals surface area contributed by atoms with Crippen molar-refractivity contribution in [2.45, 2.75) is 18.4 Å². The van der Waals surface area contributed by atoms with E-state index in [1.807, 2.05) is 42.5 Å². The lowest BCUT2D eigenvalue weighted by molar-refractivity contribution is 0.0773. The molecule has 1 heterocycles. The van der Waals surface area contributed by atoms with Crippen LogP contribution in [0.1, 0.15) is 38.6 Å². The van der Waals surface area contributed by atoms with E-state index in [1.54, 1.807) is 36.4 Å². The summed E-state index contributed by atoms with van der Waals surface area (Å²) in [7, 11) is 0. The highest BCUT2D eigenvalue weighted by Crippen LogP contribution is 2.41. The number of hydrogen-bond acceptors (Lipinski definition) is 3. The maximum atomic E-state index is 13.0. The molecule has 1 aliphatic rings. The molecule has 3 aromatic rings. The molecule has 0 N–H and O–H groups in total. The molecule has 2 atom stereocenters. The Hall–Kier alpha value is -2.91. The largest absolute Gasteiger partial charge is 0.481 e. The summed E-state index contributed by atoms with van der Waals surface area (Å²) in [5.41, 5.74) is 2.06. The van der Waals surface area contributed by atoms with Crippen LogP contribution in [0.5, 0.6) is 5.75 Å². The van der Waals surface area contributed by atoms with Crippen LogP contribution in [0.2, 0.25) is 5.02 Å². The van der Waals surface area contributed by atoms with Gasteiger partial charge >= 0.3 is 0 Å². The molecule has 0 amide bonds. The quantitative estimate of drug-likeness (QED) is 0.564. The number of fused-ring (bicyclic) bond motifs is 1. The van der Waals surface area contributed by atoms with Gasteiger partial charge in [0.15, 0.2) is 11.9 Å². The van der Waals surface area contributed by atoms with Crippen molar-refractivity contribution in [3.8, 4) is 5.75 Å². The number of rotatable bonds is 5. The second kappa shape index (κ2) is 7.37. The van der Waals surface area contributed by atoms with Crippen LogP contribution >= 0.6 is 11.6 Å². The van der Waals surface area contributed by atoms with Gasteiger partial charge in [-0.25, -0.2) is 0 Å². The fraction of sp³-hybridized carbons (Fsp3) is 0.130. The molecule has 0 aliphatic carbocycles. The normalized spacial score (nSPS) is 17.8. The van der Waals surface area contributed by atoms with Gasteiger partial charge in [-0.15, -0.1) is 0 Å². The van der Waals surface area contributed by atoms with Crippen molar-refractivity contribution in [1.82, 2.24) is 0 Å². The molecule has 0 spiro atoms. The molecule has 0 bridgehead atoms. The highest BCUT2D eigenvalue weighted by atomic mass is 35.5. The number of halogens is 1. The number of carbonyl (C=O) groups excluding carboxylic acids is 2. The molecular formula is C23H17ClO3. The molecule has 3 nitrogen and oxygen atoms in total. The minimum atomic E-state index is -0.707. The second-order valence-corrected chi connectivity index (χ2v) is 6.98. The van der Waals surface area contributed by atoms with Gasteiger partial charge in [0.05, 0.1) is 0 Å². The molecule has 0 unspecified atom stereocenters. The first-order valence-electron chi connectivity index (χ1n) is 8.77. The molecule has 27 heavy (non-hydrogen) atoms. The molecule has 0 radical (unpaired) electrons. The predicted molar refractivity (Wildman–Crippen MR) is 105 cm³/mol. The van der Waals surface area contributed by atoms with Crippen molar-refractivity contribution in [3.05, 3.63) is 101 Å². The molecule has 134 valence electrons. The summed E-state index contributed by atoms with van der Waals surface area (Å²) < 4.78 is 5.97. The summed E-state index contributed by atoms with van der Waals surface area (Å²) in [6.07, 6.45) is -0.511. The van der Waals surface area contributed by atoms with Crippen LogP contribution in [0, 0.1) is 0 Å². The summed E-state index contributed by atoms with van der Waals surface area (Å²) in [6.45, 7) is 0. The number of ether oxygens (including phenoxy) is 1. The summed E-state index contributed by atoms with van der Waals surface area (Å²) in [5.74, 6) is 0.196. The lowest BCUT2D eigenvalue weighted by atomic mass is 9.85. The van der Waals surface area contributed by atoms with E-state index in [0.717, 1.165) is 5.56 Å². The van der Waals surface area contributed by atoms with Gasteiger partial charge in [-0.2, -0.15) is 0 Å². The Bertz CT molecular complexity index is 980. The smallest absolute Gasteiger partial charge is 0.203 e. The van der Waals surface area contributed by atoms with Crippen LogP contribution in [0.3, 0.4) is 0 Å². The zero-order valence-corrected chi connectivity index (χ0v) is 15.2. The Morgan fingerprint density at radius 3 is 2.22 bits per heavy atom. The maximum absolute atomic E-state index is 13.0. The zero-order valence-electron chi connectivity index (χ0n) is 14.5. The predicted octanol–water partition coefficient (Wildman–Crippen LogP) is 5.34. The Balaban J connectivity index is 1.64. The number of ketones is 2. The molecule has 0 aromatic heterocycles. The van der Waals surface area contributed by atoms with Crippen molar-refractivity contribution >= 4 is 23.2 Å². The van der Waals surface area contributed by atoms with E-state index < -0.39 is 6.10 Å². The summed E-state index contributed by atoms with van der Waals surface area (Å²) in [4.78, 5) is 25.9. The molecule has 4 heteroatoms. The van der Waals surface area contributed by atoms with Crippen molar-refractivity contribution in [3.63, 3.8) is 0 Å². The van der Waals surface area contributed by atoms with E-state index in [9.17, 15) is 9.59 Å². The monoisotopic (exact) mass is 376 g/mol. The highest BCUT2D eigenvalue weighted by Gasteiger charge is 2.40. The first-order chi connectivity index (χ1) is 13.1. The Morgan fingerprint density at radius 2 is 1.48 bits per heavy atom. The standard InChI is InChI=1S/C23H17ClO3/c24-17-12-10-15(11-13-17)20(25)14-19-18-8-4-5-9-21(18)27-23(19)22(26)16-6-2-1-3-7-16/h1-13,19,23H,14H2/t19-,23-/m1/s1. The van der Waals surface area contributed by atoms with Crippen LogP contribution in [0.15, 0.2) is 78.9 Å². The molecular weight excluding hydrogens is 360 g/mol. The average molecular weight is 377 g/mol. The molecule has 0 fully saturated rings. The second-order valence-electron chi connectivity index (χ2n) is 6.55. The fourth-order valence-electron chi connectivity index (χ4n) is 3.45. The van der Waals surface area contributed by atoms with E-state index in [1.165, 1.54) is 0 Å². The zero-order chi connectivity index (χ0) is 18.8. The van der Waals surface area contributed by atoms with Gasteiger partial charge in [0.1, 0.15) is 5.75 Å². The summed E-state index contributed by atoms with van der Waals surface area (Å²) in [5, 5.41) is 0.582. The third kappa shape index (κ3) is 3.51. The van der Waals surface area contributed by atoms with E-state index in [4.69, 9.17) is 16.3 Å². The number of para-hydroxylation sites is 1. The van der Waals surface area contributed by atoms with Gasteiger partial charge in [-0.3, -0.25) is 9.59 Å². The van der Waals surface area contributed by atoms with Crippen LogP contribution < -0.4 is 4.74 Å². The van der Waals surface area contributed by atoms with E-state index in [0.29, 0.717) is 21.9 Å². The third-order valence-corrected chi connectivity index (χ3v) is 5.08. The number of carbonyl (C=O) groups is 2. The van der Waals surface area contributed by atoms with Gasteiger partial charge in [0.25, 0.3) is 0 Å².